The third kappa shape index (κ3) is 5.54. The summed E-state index contributed by atoms with van der Waals surface area (Å²) < 4.78 is 12.1. The van der Waals surface area contributed by atoms with E-state index in [1.54, 1.807) is 19.1 Å². The van der Waals surface area contributed by atoms with Crippen molar-refractivity contribution in [1.29, 1.82) is 0 Å². The maximum atomic E-state index is 13.7. The number of nitrogens with zero attached hydrogens (tertiary/aromatic N) is 4. The highest BCUT2D eigenvalue weighted by atomic mass is 16.5. The maximum Gasteiger partial charge on any atom is 0.330 e. The Kier molecular flexibility index (Phi) is 7.87. The molecule has 3 aromatic rings. The predicted octanol–water partition coefficient (Wildman–Crippen LogP) is 4.19. The van der Waals surface area contributed by atoms with Gasteiger partial charge in [0.2, 0.25) is 11.8 Å². The molecular formula is C33H37N5O6. The molecule has 2 aromatic carbocycles. The van der Waals surface area contributed by atoms with Gasteiger partial charge in [0.25, 0.3) is 0 Å². The summed E-state index contributed by atoms with van der Waals surface area (Å²) in [4.78, 5) is 52.4. The molecule has 3 amide bonds. The largest absolute Gasteiger partial charge is 0.496 e. The topological polar surface area (TPSA) is 134 Å². The molecule has 1 aromatic heterocycles. The number of carboxylic acid groups (broad SMARTS) is 1. The Morgan fingerprint density at radius 3 is 2.68 bits per heavy atom. The van der Waals surface area contributed by atoms with Gasteiger partial charge in [0.05, 0.1) is 24.6 Å². The van der Waals surface area contributed by atoms with Crippen LogP contribution in [0.25, 0.3) is 22.3 Å². The van der Waals surface area contributed by atoms with Crippen LogP contribution in [0.5, 0.6) is 11.6 Å². The van der Waals surface area contributed by atoms with E-state index in [1.807, 2.05) is 61.5 Å². The van der Waals surface area contributed by atoms with E-state index in [0.29, 0.717) is 41.3 Å². The highest BCUT2D eigenvalue weighted by Gasteiger charge is 2.61. The Balaban J connectivity index is 1.34. The molecule has 0 unspecified atom stereocenters. The van der Waals surface area contributed by atoms with Gasteiger partial charge in [-0.2, -0.15) is 4.98 Å². The van der Waals surface area contributed by atoms with Crippen LogP contribution in [0.1, 0.15) is 37.7 Å². The van der Waals surface area contributed by atoms with Crippen LogP contribution in [0, 0.1) is 12.8 Å². The first kappa shape index (κ1) is 29.4. The third-order valence-electron chi connectivity index (χ3n) is 8.85. The molecule has 6 rings (SSSR count). The van der Waals surface area contributed by atoms with Gasteiger partial charge >= 0.3 is 12.0 Å². The summed E-state index contributed by atoms with van der Waals surface area (Å²) in [5.74, 6) is -0.349. The number of allylic oxidation sites excluding steroid dienone is 1. The average Bonchev–Trinajstić information content (AvgIpc) is 3.56. The molecule has 3 heterocycles. The fourth-order valence-corrected chi connectivity index (χ4v) is 6.22. The van der Waals surface area contributed by atoms with Crippen molar-refractivity contribution in [2.75, 3.05) is 27.2 Å². The summed E-state index contributed by atoms with van der Waals surface area (Å²) in [6, 6.07) is 12.1. The number of hydrogen-bond donors (Lipinski definition) is 2. The summed E-state index contributed by atoms with van der Waals surface area (Å²) in [5, 5.41) is 13.5. The number of carboxylic acids is 1. The molecule has 0 radical (unpaired) electrons. The van der Waals surface area contributed by atoms with Gasteiger partial charge in [0.1, 0.15) is 23.4 Å². The van der Waals surface area contributed by atoms with E-state index < -0.39 is 29.6 Å². The maximum absolute atomic E-state index is 13.7. The second-order valence-corrected chi connectivity index (χ2v) is 11.9. The molecule has 1 saturated heterocycles. The van der Waals surface area contributed by atoms with E-state index in [4.69, 9.17) is 19.4 Å². The number of methoxy groups -OCH3 is 1. The van der Waals surface area contributed by atoms with Gasteiger partial charge in [-0.15, -0.1) is 0 Å². The number of benzene rings is 2. The summed E-state index contributed by atoms with van der Waals surface area (Å²) in [5.41, 5.74) is 0.969. The van der Waals surface area contributed by atoms with Crippen LogP contribution < -0.4 is 14.8 Å². The van der Waals surface area contributed by atoms with E-state index in [1.165, 1.54) is 4.90 Å². The summed E-state index contributed by atoms with van der Waals surface area (Å²) >= 11 is 0. The lowest BCUT2D eigenvalue weighted by molar-refractivity contribution is -0.144. The summed E-state index contributed by atoms with van der Waals surface area (Å²) in [6.45, 7) is 2.62. The van der Waals surface area contributed by atoms with Crippen molar-refractivity contribution in [1.82, 2.24) is 25.1 Å². The van der Waals surface area contributed by atoms with E-state index in [-0.39, 0.29) is 24.9 Å². The number of aryl methyl sites for hydroxylation is 1. The Hall–Kier alpha value is -4.67. The molecule has 230 valence electrons. The molecule has 4 atom stereocenters. The fourth-order valence-electron chi connectivity index (χ4n) is 6.22. The second kappa shape index (κ2) is 11.8. The van der Waals surface area contributed by atoms with Crippen LogP contribution in [-0.4, -0.2) is 87.7 Å². The second-order valence-electron chi connectivity index (χ2n) is 11.9. The zero-order chi connectivity index (χ0) is 31.0. The van der Waals surface area contributed by atoms with Gasteiger partial charge < -0.3 is 29.7 Å². The molecule has 0 bridgehead atoms. The van der Waals surface area contributed by atoms with Crippen LogP contribution >= 0.6 is 0 Å². The fraction of sp³-hybridized carbons (Fsp3) is 0.424. The molecule has 44 heavy (non-hydrogen) atoms. The molecule has 0 spiro atoms. The molecule has 2 N–H and O–H groups in total. The zero-order valence-corrected chi connectivity index (χ0v) is 25.2. The monoisotopic (exact) mass is 599 g/mol. The number of rotatable bonds is 5. The zero-order valence-electron chi connectivity index (χ0n) is 25.2. The highest BCUT2D eigenvalue weighted by Crippen LogP contribution is 2.45. The lowest BCUT2D eigenvalue weighted by atomic mass is 10.1. The van der Waals surface area contributed by atoms with Crippen LogP contribution in [0.4, 0.5) is 4.79 Å². The van der Waals surface area contributed by atoms with Crippen LogP contribution in [-0.2, 0) is 9.59 Å². The van der Waals surface area contributed by atoms with Crippen molar-refractivity contribution in [3.63, 3.8) is 0 Å². The third-order valence-corrected chi connectivity index (χ3v) is 8.85. The highest BCUT2D eigenvalue weighted by molar-refractivity contribution is 5.94. The van der Waals surface area contributed by atoms with Crippen molar-refractivity contribution in [3.8, 4) is 23.0 Å². The number of carbonyl (C=O) groups excluding carboxylic acids is 2. The standard InChI is InChI=1S/C33H37N5O6/c1-20-15-24-25(17-27(20)43-3)34-28(21-11-7-6-8-12-21)35-30(24)44-23-16-26-29(39)36-33(31(40)41)18-22(33)13-9-4-5-10-14-37(2)32(42)38(26)19-23/h6-9,11-13,15,17,22-23,26H,4-5,10,14,16,18-19H2,1-3H3,(H,36,39)(H,40,41)/b13-9-/t22-,23-,26+,33-/m1/s1. The van der Waals surface area contributed by atoms with Gasteiger partial charge in [-0.3, -0.25) is 4.79 Å². The summed E-state index contributed by atoms with van der Waals surface area (Å²) in [7, 11) is 3.33. The van der Waals surface area contributed by atoms with E-state index in [0.717, 1.165) is 30.4 Å². The van der Waals surface area contributed by atoms with Gasteiger partial charge in [-0.25, -0.2) is 14.6 Å². The molecule has 2 aliphatic heterocycles. The van der Waals surface area contributed by atoms with Crippen molar-refractivity contribution in [2.24, 2.45) is 5.92 Å². The number of aliphatic carboxylic acids is 1. The number of nitrogens with one attached hydrogen (secondary N) is 1. The number of amides is 3. The lowest BCUT2D eigenvalue weighted by Crippen LogP contribution is -2.54. The van der Waals surface area contributed by atoms with E-state index in [9.17, 15) is 19.5 Å². The van der Waals surface area contributed by atoms with Crippen molar-refractivity contribution in [3.05, 3.63) is 60.2 Å². The molecule has 1 saturated carbocycles. The lowest BCUT2D eigenvalue weighted by Gasteiger charge is -2.29. The molecule has 11 heteroatoms. The van der Waals surface area contributed by atoms with Crippen molar-refractivity contribution >= 4 is 28.8 Å². The Bertz CT molecular complexity index is 1630. The minimum absolute atomic E-state index is 0.145. The minimum Gasteiger partial charge on any atom is -0.496 e. The van der Waals surface area contributed by atoms with Crippen LogP contribution in [0.15, 0.2) is 54.6 Å². The van der Waals surface area contributed by atoms with Crippen LogP contribution in [0.3, 0.4) is 0 Å². The van der Waals surface area contributed by atoms with Gasteiger partial charge in [-0.1, -0.05) is 42.5 Å². The smallest absolute Gasteiger partial charge is 0.330 e. The predicted molar refractivity (Wildman–Crippen MR) is 163 cm³/mol. The first-order valence-electron chi connectivity index (χ1n) is 15.0. The van der Waals surface area contributed by atoms with Gasteiger partial charge in [-0.05, 0) is 44.2 Å². The van der Waals surface area contributed by atoms with Crippen LogP contribution in [0.2, 0.25) is 0 Å². The Morgan fingerprint density at radius 2 is 1.93 bits per heavy atom. The van der Waals surface area contributed by atoms with Gasteiger partial charge in [0.15, 0.2) is 5.82 Å². The molecule has 11 nitrogen and oxygen atoms in total. The number of urea groups is 1. The first-order chi connectivity index (χ1) is 21.2. The number of ether oxygens (including phenoxy) is 2. The molecule has 3 aliphatic rings. The average molecular weight is 600 g/mol. The quantitative estimate of drug-likeness (QED) is 0.417. The van der Waals surface area contributed by atoms with Crippen molar-refractivity contribution < 1.29 is 29.0 Å². The van der Waals surface area contributed by atoms with Crippen molar-refractivity contribution in [2.45, 2.75) is 56.7 Å². The van der Waals surface area contributed by atoms with E-state index >= 15 is 0 Å². The van der Waals surface area contributed by atoms with E-state index in [2.05, 4.69) is 5.32 Å². The molecular weight excluding hydrogens is 562 g/mol. The minimum atomic E-state index is -1.36. The normalized spacial score (nSPS) is 26.3. The number of carbonyl (C=O) groups is 3. The number of aromatic nitrogens is 2. The summed E-state index contributed by atoms with van der Waals surface area (Å²) in [6.07, 6.45) is 6.27. The SMILES string of the molecule is COc1cc2nc(-c3ccccc3)nc(O[C@@H]3C[C@H]4C(=O)N[C@]5(C(=O)O)C[C@H]5/C=C\CCCCN(C)C(=O)N4C3)c2cc1C. The number of fused-ring (bicyclic) bond motifs is 3. The number of hydrogen-bond acceptors (Lipinski definition) is 7. The first-order valence-corrected chi connectivity index (χ1v) is 15.0. The Morgan fingerprint density at radius 1 is 1.14 bits per heavy atom. The Labute approximate surface area is 255 Å². The molecule has 1 aliphatic carbocycles. The van der Waals surface area contributed by atoms with Gasteiger partial charge in [0, 0.05) is 37.6 Å². The molecule has 2 fully saturated rings.